The normalized spacial score (nSPS) is 36.2. The van der Waals surface area contributed by atoms with Crippen LogP contribution in [-0.4, -0.2) is 18.4 Å². The van der Waals surface area contributed by atoms with Gasteiger partial charge >= 0.3 is 0 Å². The van der Waals surface area contributed by atoms with Crippen LogP contribution in [0.1, 0.15) is 40.0 Å². The second kappa shape index (κ2) is 3.09. The summed E-state index contributed by atoms with van der Waals surface area (Å²) < 4.78 is 24.1. The van der Waals surface area contributed by atoms with Crippen LogP contribution >= 0.6 is 0 Å². The van der Waals surface area contributed by atoms with Crippen molar-refractivity contribution in [3.05, 3.63) is 12.2 Å². The van der Waals surface area contributed by atoms with Gasteiger partial charge in [0.2, 0.25) is 0 Å². The van der Waals surface area contributed by atoms with Gasteiger partial charge in [-0.2, -0.15) is 0 Å². The summed E-state index contributed by atoms with van der Waals surface area (Å²) in [7, 11) is -3.06. The van der Waals surface area contributed by atoms with Crippen molar-refractivity contribution >= 4 is 9.84 Å². The van der Waals surface area contributed by atoms with Gasteiger partial charge < -0.3 is 0 Å². The first-order valence-corrected chi connectivity index (χ1v) is 7.22. The molecule has 2 fully saturated rings. The molecule has 2 aliphatic rings. The minimum atomic E-state index is -3.06. The zero-order valence-corrected chi connectivity index (χ0v) is 10.6. The van der Waals surface area contributed by atoms with E-state index in [0.717, 1.165) is 24.8 Å². The van der Waals surface area contributed by atoms with Crippen molar-refractivity contribution in [2.24, 2.45) is 11.8 Å². The minimum Gasteiger partial charge on any atom is -0.228 e. The number of fused-ring (bicyclic) bond motifs is 2. The Labute approximate surface area is 92.7 Å². The van der Waals surface area contributed by atoms with Crippen LogP contribution in [-0.2, 0) is 9.84 Å². The smallest absolute Gasteiger partial charge is 0.162 e. The fraction of sp³-hybridized carbons (Fsp3) is 0.833. The number of sulfone groups is 1. The van der Waals surface area contributed by atoms with Gasteiger partial charge in [-0.05, 0) is 51.9 Å². The zero-order chi connectivity index (χ0) is 11.4. The molecular weight excluding hydrogens is 208 g/mol. The summed E-state index contributed by atoms with van der Waals surface area (Å²) in [5.41, 5.74) is 0.987. The van der Waals surface area contributed by atoms with Crippen molar-refractivity contribution in [1.29, 1.82) is 0 Å². The van der Waals surface area contributed by atoms with E-state index in [1.165, 1.54) is 0 Å². The topological polar surface area (TPSA) is 34.1 Å². The van der Waals surface area contributed by atoms with Crippen LogP contribution in [0.4, 0.5) is 0 Å². The molecule has 15 heavy (non-hydrogen) atoms. The molecule has 2 nitrogen and oxygen atoms in total. The van der Waals surface area contributed by atoms with Crippen LogP contribution in [0.15, 0.2) is 12.2 Å². The predicted molar refractivity (Wildman–Crippen MR) is 62.4 cm³/mol. The van der Waals surface area contributed by atoms with Gasteiger partial charge in [-0.1, -0.05) is 12.2 Å². The maximum Gasteiger partial charge on any atom is 0.162 e. The second-order valence-electron chi connectivity index (χ2n) is 5.92. The maximum atomic E-state index is 12.4. The third-order valence-corrected chi connectivity index (χ3v) is 7.04. The molecule has 0 aromatic rings. The highest BCUT2D eigenvalue weighted by molar-refractivity contribution is 7.93. The van der Waals surface area contributed by atoms with Gasteiger partial charge in [-0.15, -0.1) is 0 Å². The van der Waals surface area contributed by atoms with Crippen LogP contribution in [0.2, 0.25) is 0 Å². The van der Waals surface area contributed by atoms with Crippen LogP contribution in [0.3, 0.4) is 0 Å². The van der Waals surface area contributed by atoms with E-state index < -0.39 is 14.6 Å². The Kier molecular flexibility index (Phi) is 2.31. The lowest BCUT2D eigenvalue weighted by molar-refractivity contribution is 0.502. The summed E-state index contributed by atoms with van der Waals surface area (Å²) >= 11 is 0. The molecule has 86 valence electrons. The van der Waals surface area contributed by atoms with Gasteiger partial charge in [0.1, 0.15) is 0 Å². The predicted octanol–water partition coefficient (Wildman–Crippen LogP) is 2.55. The maximum absolute atomic E-state index is 12.4. The molecule has 2 bridgehead atoms. The first-order chi connectivity index (χ1) is 6.75. The van der Waals surface area contributed by atoms with Crippen molar-refractivity contribution in [2.45, 2.75) is 50.0 Å². The molecule has 0 radical (unpaired) electrons. The highest BCUT2D eigenvalue weighted by atomic mass is 32.2. The fourth-order valence-electron chi connectivity index (χ4n) is 3.00. The molecular formula is C12H20O2S. The van der Waals surface area contributed by atoms with Crippen molar-refractivity contribution in [1.82, 2.24) is 0 Å². The molecule has 0 aromatic heterocycles. The third-order valence-electron chi connectivity index (χ3n) is 3.98. The Bertz CT molecular complexity index is 386. The van der Waals surface area contributed by atoms with Crippen molar-refractivity contribution in [2.75, 3.05) is 0 Å². The summed E-state index contributed by atoms with van der Waals surface area (Å²) in [6.45, 7) is 9.40. The Balaban J connectivity index is 2.38. The highest BCUT2D eigenvalue weighted by Gasteiger charge is 2.51. The molecule has 0 heterocycles. The van der Waals surface area contributed by atoms with Gasteiger partial charge in [0, 0.05) is 0 Å². The Morgan fingerprint density at radius 2 is 1.87 bits per heavy atom. The molecule has 0 spiro atoms. The molecule has 2 aliphatic carbocycles. The average molecular weight is 228 g/mol. The molecule has 0 amide bonds. The summed E-state index contributed by atoms with van der Waals surface area (Å²) in [6.07, 6.45) is 3.28. The van der Waals surface area contributed by atoms with E-state index in [1.54, 1.807) is 20.8 Å². The molecule has 0 N–H and O–H groups in total. The number of hydrogen-bond acceptors (Lipinski definition) is 2. The fourth-order valence-corrected chi connectivity index (χ4v) is 5.10. The SMILES string of the molecule is C=C1C(S(=O)(=O)C(C)(C)C)[C@@H]2CC[C@H]1C2. The minimum absolute atomic E-state index is 0.253. The second-order valence-corrected chi connectivity index (χ2v) is 8.75. The molecule has 0 saturated heterocycles. The van der Waals surface area contributed by atoms with E-state index in [9.17, 15) is 8.42 Å². The summed E-state index contributed by atoms with van der Waals surface area (Å²) in [5, 5.41) is -0.253. The van der Waals surface area contributed by atoms with Crippen LogP contribution in [0.25, 0.3) is 0 Å². The van der Waals surface area contributed by atoms with E-state index in [1.807, 2.05) is 0 Å². The third kappa shape index (κ3) is 1.47. The molecule has 2 saturated carbocycles. The quantitative estimate of drug-likeness (QED) is 0.646. The molecule has 3 heteroatoms. The Hall–Kier alpha value is -0.310. The van der Waals surface area contributed by atoms with Gasteiger partial charge in [-0.25, -0.2) is 8.42 Å². The average Bonchev–Trinajstić information content (AvgIpc) is 2.60. The number of hydrogen-bond donors (Lipinski definition) is 0. The largest absolute Gasteiger partial charge is 0.228 e. The summed E-state index contributed by atoms with van der Waals surface area (Å²) in [4.78, 5) is 0. The van der Waals surface area contributed by atoms with E-state index in [4.69, 9.17) is 0 Å². The lowest BCUT2D eigenvalue weighted by atomic mass is 9.96. The molecule has 1 unspecified atom stereocenters. The standard InChI is InChI=1S/C12H20O2S/c1-8-9-5-6-10(7-9)11(8)15(13,14)12(2,3)4/h9-11H,1,5-7H2,2-4H3/t9-,10+,11?/m0/s1. The lowest BCUT2D eigenvalue weighted by Crippen LogP contribution is -2.40. The molecule has 0 aliphatic heterocycles. The van der Waals surface area contributed by atoms with E-state index in [2.05, 4.69) is 6.58 Å². The lowest BCUT2D eigenvalue weighted by Gasteiger charge is -2.30. The van der Waals surface area contributed by atoms with Gasteiger partial charge in [0.05, 0.1) is 10.00 Å². The van der Waals surface area contributed by atoms with E-state index >= 15 is 0 Å². The molecule has 0 aromatic carbocycles. The van der Waals surface area contributed by atoms with Gasteiger partial charge in [0.25, 0.3) is 0 Å². The van der Waals surface area contributed by atoms with Crippen molar-refractivity contribution in [3.8, 4) is 0 Å². The summed E-state index contributed by atoms with van der Waals surface area (Å²) in [6, 6.07) is 0. The Morgan fingerprint density at radius 1 is 1.27 bits per heavy atom. The van der Waals surface area contributed by atoms with Gasteiger partial charge in [-0.3, -0.25) is 0 Å². The van der Waals surface area contributed by atoms with Crippen LogP contribution in [0.5, 0.6) is 0 Å². The van der Waals surface area contributed by atoms with Crippen molar-refractivity contribution < 1.29 is 8.42 Å². The van der Waals surface area contributed by atoms with Crippen molar-refractivity contribution in [3.63, 3.8) is 0 Å². The van der Waals surface area contributed by atoms with Crippen LogP contribution in [0, 0.1) is 11.8 Å². The van der Waals surface area contributed by atoms with Gasteiger partial charge in [0.15, 0.2) is 9.84 Å². The van der Waals surface area contributed by atoms with Crippen LogP contribution < -0.4 is 0 Å². The number of rotatable bonds is 1. The van der Waals surface area contributed by atoms with E-state index in [0.29, 0.717) is 11.8 Å². The Morgan fingerprint density at radius 3 is 2.27 bits per heavy atom. The summed E-state index contributed by atoms with van der Waals surface area (Å²) in [5.74, 6) is 0.837. The zero-order valence-electron chi connectivity index (χ0n) is 9.79. The molecule has 2 rings (SSSR count). The highest BCUT2D eigenvalue weighted by Crippen LogP contribution is 2.51. The van der Waals surface area contributed by atoms with E-state index in [-0.39, 0.29) is 5.25 Å². The first kappa shape index (κ1) is 11.2. The monoisotopic (exact) mass is 228 g/mol. The first-order valence-electron chi connectivity index (χ1n) is 5.67. The molecule has 3 atom stereocenters.